The van der Waals surface area contributed by atoms with E-state index in [9.17, 15) is 0 Å². The van der Waals surface area contributed by atoms with Gasteiger partial charge in [-0.3, -0.25) is 0 Å². The highest BCUT2D eigenvalue weighted by Crippen LogP contribution is 2.47. The molecule has 0 bridgehead atoms. The molecule has 586 valence electrons. The first-order chi connectivity index (χ1) is 60.3. The minimum atomic E-state index is 0.630. The molecule has 4 nitrogen and oxygen atoms in total. The number of hydrogen-bond donors (Lipinski definition) is 0. The van der Waals surface area contributed by atoms with E-state index in [0.29, 0.717) is 5.92 Å². The van der Waals surface area contributed by atoms with E-state index in [2.05, 4.69) is 475 Å². The molecular formula is C115H88N4S3. The highest BCUT2D eigenvalue weighted by Gasteiger charge is 2.23. The van der Waals surface area contributed by atoms with Gasteiger partial charge in [0.05, 0.1) is 0 Å². The van der Waals surface area contributed by atoms with Crippen molar-refractivity contribution in [2.45, 2.75) is 44.9 Å². The second-order valence-corrected chi connectivity index (χ2v) is 34.9. The van der Waals surface area contributed by atoms with Crippen molar-refractivity contribution >= 4 is 102 Å². The second-order valence-electron chi connectivity index (χ2n) is 31.5. The molecule has 19 aromatic rings. The van der Waals surface area contributed by atoms with Crippen molar-refractivity contribution < 1.29 is 0 Å². The van der Waals surface area contributed by atoms with E-state index >= 15 is 0 Å². The van der Waals surface area contributed by atoms with Gasteiger partial charge in [0.15, 0.2) is 0 Å². The molecule has 0 aliphatic heterocycles. The van der Waals surface area contributed by atoms with Crippen LogP contribution in [0.3, 0.4) is 0 Å². The fourth-order valence-electron chi connectivity index (χ4n) is 17.2. The molecule has 3 heterocycles. The molecule has 1 aliphatic carbocycles. The van der Waals surface area contributed by atoms with Crippen LogP contribution in [0.15, 0.2) is 449 Å². The van der Waals surface area contributed by atoms with Gasteiger partial charge < -0.3 is 19.6 Å². The molecule has 1 saturated carbocycles. The summed E-state index contributed by atoms with van der Waals surface area (Å²) < 4.78 is 0. The fourth-order valence-corrected chi connectivity index (χ4v) is 20.1. The van der Waals surface area contributed by atoms with E-state index in [1.807, 2.05) is 34.0 Å². The van der Waals surface area contributed by atoms with Gasteiger partial charge in [-0.05, 0) is 297 Å². The van der Waals surface area contributed by atoms with Crippen molar-refractivity contribution in [2.75, 3.05) is 19.6 Å². The number of nitrogens with zero attached hydrogens (tertiary/aromatic N) is 4. The minimum absolute atomic E-state index is 0.630. The molecule has 20 rings (SSSR count). The molecule has 0 unspecified atom stereocenters. The Morgan fingerprint density at radius 1 is 0.164 bits per heavy atom. The first kappa shape index (κ1) is 76.5. The first-order valence-corrected chi connectivity index (χ1v) is 44.7. The number of hydrogen-bond acceptors (Lipinski definition) is 7. The van der Waals surface area contributed by atoms with Gasteiger partial charge in [-0.15, -0.1) is 34.0 Å². The molecule has 1 fully saturated rings. The van der Waals surface area contributed by atoms with Crippen LogP contribution in [0.4, 0.5) is 68.2 Å². The lowest BCUT2D eigenvalue weighted by Gasteiger charge is -2.27. The summed E-state index contributed by atoms with van der Waals surface area (Å²) in [6, 6.07) is 165. The number of anilines is 12. The van der Waals surface area contributed by atoms with Crippen LogP contribution in [0.1, 0.15) is 48.5 Å². The molecular weight excluding hydrogens is 1530 g/mol. The Morgan fingerprint density at radius 2 is 0.336 bits per heavy atom. The van der Waals surface area contributed by atoms with E-state index in [-0.39, 0.29) is 0 Å². The average Bonchev–Trinajstić information content (AvgIpc) is 1.30. The summed E-state index contributed by atoms with van der Waals surface area (Å²) in [5.74, 6) is 0.630. The Labute approximate surface area is 728 Å². The zero-order chi connectivity index (χ0) is 81.5. The Bertz CT molecular complexity index is 6670. The van der Waals surface area contributed by atoms with Crippen LogP contribution >= 0.6 is 34.0 Å². The lowest BCUT2D eigenvalue weighted by atomic mass is 9.84. The van der Waals surface area contributed by atoms with Gasteiger partial charge >= 0.3 is 0 Å². The predicted octanol–water partition coefficient (Wildman–Crippen LogP) is 34.8. The highest BCUT2D eigenvalue weighted by atomic mass is 32.1. The smallest absolute Gasteiger partial charge is 0.0462 e. The monoisotopic (exact) mass is 1620 g/mol. The number of benzene rings is 16. The highest BCUT2D eigenvalue weighted by molar-refractivity contribution is 7.19. The maximum atomic E-state index is 2.41. The van der Waals surface area contributed by atoms with Crippen molar-refractivity contribution in [3.05, 3.63) is 459 Å². The van der Waals surface area contributed by atoms with Gasteiger partial charge in [-0.2, -0.15) is 0 Å². The third-order valence-corrected chi connectivity index (χ3v) is 27.2. The van der Waals surface area contributed by atoms with Crippen LogP contribution in [0.5, 0.6) is 0 Å². The van der Waals surface area contributed by atoms with Gasteiger partial charge in [0.2, 0.25) is 0 Å². The maximum Gasteiger partial charge on any atom is 0.0462 e. The summed E-state index contributed by atoms with van der Waals surface area (Å²) in [4.78, 5) is 17.1. The molecule has 0 amide bonds. The summed E-state index contributed by atoms with van der Waals surface area (Å²) in [6.45, 7) is 2.17. The van der Waals surface area contributed by atoms with Crippen molar-refractivity contribution in [3.63, 3.8) is 0 Å². The summed E-state index contributed by atoms with van der Waals surface area (Å²) in [6.07, 6.45) is 6.51. The molecule has 0 spiro atoms. The van der Waals surface area contributed by atoms with Crippen LogP contribution in [0.2, 0.25) is 0 Å². The summed E-state index contributed by atoms with van der Waals surface area (Å²) in [5, 5.41) is 0. The summed E-state index contributed by atoms with van der Waals surface area (Å²) in [5.41, 5.74) is 32.2. The number of aryl methyl sites for hydroxylation is 1. The molecule has 1 aliphatic rings. The van der Waals surface area contributed by atoms with Gasteiger partial charge in [-0.1, -0.05) is 286 Å². The van der Waals surface area contributed by atoms with Crippen molar-refractivity contribution in [1.82, 2.24) is 0 Å². The van der Waals surface area contributed by atoms with Gasteiger partial charge in [0.25, 0.3) is 0 Å². The Kier molecular flexibility index (Phi) is 22.0. The third kappa shape index (κ3) is 16.6. The lowest BCUT2D eigenvalue weighted by Crippen LogP contribution is -2.10. The van der Waals surface area contributed by atoms with E-state index in [1.54, 1.807) is 0 Å². The molecule has 122 heavy (non-hydrogen) atoms. The van der Waals surface area contributed by atoms with E-state index in [0.717, 1.165) is 102 Å². The standard InChI is InChI=1S/C115H88N4S3/c1-81-27-76-111(120-81)96-46-70-108(71-47-96)117(99-52-28-85(29-53-99)82-17-7-2-8-18-82)105-64-40-91(41-65-105)88-34-58-102(59-35-88)116(103-60-36-89(37-61-103)92-42-66-106(67-43-92)118(100-54-30-86(31-55-100)83-19-9-3-10-20-83)109-72-48-97(49-73-109)114-79-77-112(121-114)94-23-13-5-14-24-94)104-62-38-90(39-63-104)93-44-68-107(69-45-93)119(101-56-32-87(33-57-101)84-21-11-4-12-22-84)110-74-50-98(51-75-110)115-80-78-113(122-115)95-25-15-6-16-26-95/h2-3,5-10,13-20,23-80,84H,4,11-12,21-22H2,1H3. The van der Waals surface area contributed by atoms with Crippen LogP contribution in [-0.2, 0) is 0 Å². The molecule has 0 saturated heterocycles. The average molecular weight is 1620 g/mol. The van der Waals surface area contributed by atoms with Crippen molar-refractivity contribution in [2.24, 2.45) is 0 Å². The molecule has 16 aromatic carbocycles. The van der Waals surface area contributed by atoms with Gasteiger partial charge in [0.1, 0.15) is 0 Å². The summed E-state index contributed by atoms with van der Waals surface area (Å²) in [7, 11) is 0. The van der Waals surface area contributed by atoms with Crippen LogP contribution in [-0.4, -0.2) is 0 Å². The second kappa shape index (κ2) is 35.0. The predicted molar refractivity (Wildman–Crippen MR) is 524 cm³/mol. The van der Waals surface area contributed by atoms with Crippen LogP contribution in [0.25, 0.3) is 108 Å². The van der Waals surface area contributed by atoms with E-state index < -0.39 is 0 Å². The molecule has 0 N–H and O–H groups in total. The van der Waals surface area contributed by atoms with Crippen LogP contribution < -0.4 is 19.6 Å². The number of rotatable bonds is 23. The zero-order valence-corrected chi connectivity index (χ0v) is 70.3. The maximum absolute atomic E-state index is 2.41. The van der Waals surface area contributed by atoms with Gasteiger partial charge in [0, 0.05) is 97.5 Å². The van der Waals surface area contributed by atoms with Crippen molar-refractivity contribution in [1.29, 1.82) is 0 Å². The largest absolute Gasteiger partial charge is 0.311 e. The lowest BCUT2D eigenvalue weighted by molar-refractivity contribution is 0.443. The van der Waals surface area contributed by atoms with E-state index in [4.69, 9.17) is 0 Å². The Balaban J connectivity index is 0.610. The molecule has 3 aromatic heterocycles. The van der Waals surface area contributed by atoms with Crippen LogP contribution in [0, 0.1) is 6.92 Å². The quantitative estimate of drug-likeness (QED) is 0.0633. The zero-order valence-electron chi connectivity index (χ0n) is 67.9. The molecule has 7 heteroatoms. The third-order valence-electron chi connectivity index (χ3n) is 23.7. The molecule has 0 atom stereocenters. The minimum Gasteiger partial charge on any atom is -0.311 e. The number of thiophene rings is 3. The van der Waals surface area contributed by atoms with E-state index in [1.165, 1.54) is 117 Å². The molecule has 0 radical (unpaired) electrons. The topological polar surface area (TPSA) is 13.0 Å². The SMILES string of the molecule is Cc1ccc(-c2ccc(N(c3ccc(-c4ccccc4)cc3)c3ccc(-c4ccc(N(c5ccc(-c6ccc(N(c7ccc(-c8ccccc8)cc7)c7ccc(-c8ccc(-c9ccccc9)s8)cc7)cc6)cc5)c5ccc(-c6ccc(N(c7ccc(-c8ccc(-c9ccccc9)s8)cc7)c7ccc(C8CCCCC8)cc7)cc6)cc5)cc4)cc3)cc2)s1. The fraction of sp³-hybridized carbons (Fsp3) is 0.0609. The normalized spacial score (nSPS) is 12.1. The summed E-state index contributed by atoms with van der Waals surface area (Å²) >= 11 is 5.50. The van der Waals surface area contributed by atoms with Gasteiger partial charge in [-0.25, -0.2) is 0 Å². The Hall–Kier alpha value is -14.2. The Morgan fingerprint density at radius 3 is 0.549 bits per heavy atom. The van der Waals surface area contributed by atoms with Crippen molar-refractivity contribution in [3.8, 4) is 108 Å². The first-order valence-electron chi connectivity index (χ1n) is 42.2.